The molecule has 0 saturated heterocycles. The Morgan fingerprint density at radius 1 is 0.593 bits per heavy atom. The maximum absolute atomic E-state index is 5.84. The van der Waals surface area contributed by atoms with Gasteiger partial charge in [-0.2, -0.15) is 11.6 Å². The number of rotatable bonds is 2. The summed E-state index contributed by atoms with van der Waals surface area (Å²) >= 11 is 11.0. The molecular weight excluding hydrogens is 882 g/mol. The Morgan fingerprint density at radius 3 is 1.29 bits per heavy atom. The summed E-state index contributed by atoms with van der Waals surface area (Å²) in [6, 6.07) is 28.3. The van der Waals surface area contributed by atoms with Crippen molar-refractivity contribution in [3.63, 3.8) is 0 Å². The average Bonchev–Trinajstić information content (AvgIpc) is 3.89. The molecule has 5 aromatic rings. The molecular formula is C54H60Cl4Zr-4. The molecule has 0 unspecified atom stereocenters. The van der Waals surface area contributed by atoms with Crippen LogP contribution in [0.4, 0.5) is 0 Å². The Morgan fingerprint density at radius 2 is 0.983 bits per heavy atom. The zero-order valence-electron chi connectivity index (χ0n) is 37.2. The van der Waals surface area contributed by atoms with Crippen LogP contribution in [0.15, 0.2) is 109 Å². The van der Waals surface area contributed by atoms with Gasteiger partial charge in [0, 0.05) is 10.8 Å². The second kappa shape index (κ2) is 18.5. The van der Waals surface area contributed by atoms with Crippen LogP contribution in [0.5, 0.6) is 0 Å². The van der Waals surface area contributed by atoms with Crippen LogP contribution in [0.3, 0.4) is 0 Å². The zero-order chi connectivity index (χ0) is 41.7. The Bertz CT molecular complexity index is 2350. The molecule has 0 saturated carbocycles. The normalized spacial score (nSPS) is 15.8. The quantitative estimate of drug-likeness (QED) is 0.155. The first kappa shape index (κ1) is 49.2. The van der Waals surface area contributed by atoms with Gasteiger partial charge in [0.05, 0.1) is 0 Å². The van der Waals surface area contributed by atoms with E-state index in [0.717, 1.165) is 16.5 Å². The topological polar surface area (TPSA) is 0 Å². The van der Waals surface area contributed by atoms with E-state index in [9.17, 15) is 0 Å². The van der Waals surface area contributed by atoms with Crippen LogP contribution in [0.1, 0.15) is 130 Å². The van der Waals surface area contributed by atoms with Gasteiger partial charge in [0.2, 0.25) is 0 Å². The fourth-order valence-corrected chi connectivity index (χ4v) is 10.5. The minimum absolute atomic E-state index is 0. The Kier molecular flexibility index (Phi) is 15.4. The van der Waals surface area contributed by atoms with E-state index in [-0.39, 0.29) is 46.5 Å². The van der Waals surface area contributed by atoms with E-state index >= 15 is 0 Å². The molecule has 3 aliphatic carbocycles. The van der Waals surface area contributed by atoms with Crippen molar-refractivity contribution in [3.05, 3.63) is 158 Å². The monoisotopic (exact) mass is 938 g/mol. The smallest absolute Gasteiger partial charge is 1.00 e. The van der Waals surface area contributed by atoms with Crippen molar-refractivity contribution < 1.29 is 47.1 Å². The molecule has 59 heavy (non-hydrogen) atoms. The largest absolute Gasteiger partial charge is 1.00 e. The molecule has 0 atom stereocenters. The molecule has 0 nitrogen and oxygen atoms in total. The number of allylic oxidation sites excluding steroid dienone is 8. The number of halogens is 4. The minimum atomic E-state index is -0.623. The Hall–Kier alpha value is -2.51. The molecule has 0 amide bonds. The average molecular weight is 942 g/mol. The number of benzene rings is 4. The van der Waals surface area contributed by atoms with E-state index in [4.69, 9.17) is 23.2 Å². The van der Waals surface area contributed by atoms with Crippen molar-refractivity contribution in [2.75, 3.05) is 0 Å². The van der Waals surface area contributed by atoms with Crippen molar-refractivity contribution in [3.8, 4) is 0 Å². The third kappa shape index (κ3) is 11.3. The van der Waals surface area contributed by atoms with Crippen molar-refractivity contribution >= 4 is 63.3 Å². The first-order valence-corrected chi connectivity index (χ1v) is 23.9. The molecule has 0 fully saturated rings. The Labute approximate surface area is 389 Å². The summed E-state index contributed by atoms with van der Waals surface area (Å²) in [4.78, 5) is 0. The molecule has 0 aromatic heterocycles. The van der Waals surface area contributed by atoms with Gasteiger partial charge in [-0.05, 0) is 33.1 Å². The van der Waals surface area contributed by atoms with Gasteiger partial charge in [0.15, 0.2) is 0 Å². The molecule has 0 bridgehead atoms. The van der Waals surface area contributed by atoms with E-state index in [1.165, 1.54) is 71.6 Å². The van der Waals surface area contributed by atoms with Crippen molar-refractivity contribution in [2.24, 2.45) is 16.2 Å². The van der Waals surface area contributed by atoms with E-state index in [0.29, 0.717) is 5.41 Å². The van der Waals surface area contributed by atoms with Crippen molar-refractivity contribution in [1.29, 1.82) is 0 Å². The van der Waals surface area contributed by atoms with E-state index < -0.39 is 22.3 Å². The molecule has 0 radical (unpaired) electrons. The van der Waals surface area contributed by atoms with Gasteiger partial charge in [0.25, 0.3) is 0 Å². The van der Waals surface area contributed by atoms with Gasteiger partial charge in [-0.15, -0.1) is 46.2 Å². The Balaban J connectivity index is 0.000000230. The van der Waals surface area contributed by atoms with Gasteiger partial charge in [-0.25, -0.2) is 6.08 Å². The second-order valence-corrected chi connectivity index (χ2v) is 23.3. The molecule has 312 valence electrons. The van der Waals surface area contributed by atoms with Crippen LogP contribution in [-0.4, -0.2) is 7.42 Å². The first-order chi connectivity index (χ1) is 26.4. The molecule has 0 aliphatic heterocycles. The maximum Gasteiger partial charge on any atom is -1.00 e. The van der Waals surface area contributed by atoms with Crippen LogP contribution in [-0.2, 0) is 33.1 Å². The molecule has 5 aromatic carbocycles. The predicted molar refractivity (Wildman–Crippen MR) is 251 cm³/mol. The summed E-state index contributed by atoms with van der Waals surface area (Å²) < 4.78 is 4.66. The first-order valence-electron chi connectivity index (χ1n) is 20.3. The molecule has 0 spiro atoms. The van der Waals surface area contributed by atoms with Gasteiger partial charge in [-0.3, -0.25) is 6.08 Å². The zero-order valence-corrected chi connectivity index (χ0v) is 42.7. The van der Waals surface area contributed by atoms with Gasteiger partial charge >= 0.3 is 123 Å². The fraction of sp³-hybridized carbons (Fsp3) is 0.352. The number of hydrogen-bond acceptors (Lipinski definition) is 0. The molecule has 3 aliphatic rings. The molecule has 0 N–H and O–H groups in total. The second-order valence-electron chi connectivity index (χ2n) is 20.2. The number of hydrogen-bond donors (Lipinski definition) is 0. The summed E-state index contributed by atoms with van der Waals surface area (Å²) in [5.74, 6) is 0. The van der Waals surface area contributed by atoms with E-state index in [1.54, 1.807) is 0 Å². The van der Waals surface area contributed by atoms with E-state index in [2.05, 4.69) is 182 Å². The summed E-state index contributed by atoms with van der Waals surface area (Å²) in [5, 5.41) is 7.15. The van der Waals surface area contributed by atoms with Crippen LogP contribution in [0.25, 0.3) is 32.7 Å². The summed E-state index contributed by atoms with van der Waals surface area (Å²) in [6.45, 7) is 30.1. The fourth-order valence-electron chi connectivity index (χ4n) is 8.16. The number of fused-ring (bicyclic) bond motifs is 5. The summed E-state index contributed by atoms with van der Waals surface area (Å²) in [7, 11) is 0. The third-order valence-corrected chi connectivity index (χ3v) is 14.3. The molecule has 8 rings (SSSR count). The molecule has 5 heteroatoms. The van der Waals surface area contributed by atoms with E-state index in [1.807, 2.05) is 24.3 Å². The van der Waals surface area contributed by atoms with Crippen LogP contribution < -0.4 is 24.8 Å². The van der Waals surface area contributed by atoms with Gasteiger partial charge in [-0.1, -0.05) is 131 Å². The molecule has 0 heterocycles. The third-order valence-electron chi connectivity index (χ3n) is 11.4. The van der Waals surface area contributed by atoms with Crippen LogP contribution in [0, 0.1) is 22.3 Å². The predicted octanol–water partition coefficient (Wildman–Crippen LogP) is 9.96. The van der Waals surface area contributed by atoms with Crippen molar-refractivity contribution in [2.45, 2.75) is 107 Å². The standard InChI is InChI=1S/C31H37.C9H13.2C7H5Cl.2ClH.Zr/c1-28(2,3)26-16-30(7,8)24-12-18-11-19-13-25-23(15-21(19)20(18)14-22(24)26)27(29(4,5)6)17-31(25,9)10;1-9(2,3)8-6-4-5-7-8;2*1-6-2-4-7(8)5-3-6;;;/h11-17H,1-10H3;6-7H,4H2,1-3H3;2*1-5H;2*1H;/q2*-1;;;;;/p-2. The summed E-state index contributed by atoms with van der Waals surface area (Å²) in [5.41, 5.74) is 13.5. The van der Waals surface area contributed by atoms with Crippen LogP contribution >= 0.6 is 23.2 Å². The van der Waals surface area contributed by atoms with Gasteiger partial charge < -0.3 is 24.8 Å². The minimum Gasteiger partial charge on any atom is -1.00 e. The maximum atomic E-state index is 5.84. The van der Waals surface area contributed by atoms with Gasteiger partial charge in [0.1, 0.15) is 0 Å². The van der Waals surface area contributed by atoms with Crippen LogP contribution in [0.2, 0.25) is 10.0 Å². The van der Waals surface area contributed by atoms with Crippen molar-refractivity contribution in [1.82, 2.24) is 0 Å². The summed E-state index contributed by atoms with van der Waals surface area (Å²) in [6.07, 6.45) is 13.5. The SMILES string of the molecule is CC(C)(C)C1=CC(C)(C)c2cc3[cH-]c4cc5c(cc4c3cc21)C(C(C)(C)C)=CC5(C)C.CC(C)(C)C1=CC[C-]=C1.Clc1ccc([CH]=[Zr]=[CH]c2ccc(Cl)cc2)cc1.[Cl-].[Cl-].